The van der Waals surface area contributed by atoms with Crippen LogP contribution in [0.1, 0.15) is 82.3 Å². The highest BCUT2D eigenvalue weighted by Gasteiger charge is 2.23. The number of pyridine rings is 1. The van der Waals surface area contributed by atoms with Gasteiger partial charge in [-0.15, -0.1) is 0 Å². The molecule has 0 atom stereocenters. The summed E-state index contributed by atoms with van der Waals surface area (Å²) in [6.07, 6.45) is 12.9. The molecular formula is C32H44N4O5. The number of ketones is 1. The van der Waals surface area contributed by atoms with Crippen LogP contribution in [-0.4, -0.2) is 59.7 Å². The number of carbonyl (C=O) groups excluding carboxylic acids is 4. The van der Waals surface area contributed by atoms with E-state index in [1.165, 1.54) is 35.9 Å². The van der Waals surface area contributed by atoms with Crippen molar-refractivity contribution in [2.75, 3.05) is 32.0 Å². The molecule has 2 aromatic rings. The van der Waals surface area contributed by atoms with Crippen LogP contribution in [0.3, 0.4) is 0 Å². The monoisotopic (exact) mass is 564 g/mol. The van der Waals surface area contributed by atoms with Crippen molar-refractivity contribution in [2.45, 2.75) is 84.0 Å². The summed E-state index contributed by atoms with van der Waals surface area (Å²) in [6.45, 7) is 3.21. The van der Waals surface area contributed by atoms with Crippen molar-refractivity contribution in [1.29, 1.82) is 0 Å². The van der Waals surface area contributed by atoms with E-state index in [0.717, 1.165) is 60.9 Å². The summed E-state index contributed by atoms with van der Waals surface area (Å²) in [6, 6.07) is 8.49. The van der Waals surface area contributed by atoms with E-state index < -0.39 is 11.8 Å². The lowest BCUT2D eigenvalue weighted by Gasteiger charge is -2.13. The molecule has 1 aromatic heterocycles. The van der Waals surface area contributed by atoms with Crippen molar-refractivity contribution in [3.8, 4) is 0 Å². The van der Waals surface area contributed by atoms with Crippen LogP contribution in [-0.2, 0) is 36.8 Å². The number of unbranched alkanes of at least 4 members (excludes halogenated alkanes) is 5. The molecule has 1 aliphatic heterocycles. The summed E-state index contributed by atoms with van der Waals surface area (Å²) in [5, 5.41) is 3.89. The Morgan fingerprint density at radius 1 is 0.902 bits per heavy atom. The second-order valence-electron chi connectivity index (χ2n) is 10.6. The van der Waals surface area contributed by atoms with E-state index in [1.807, 2.05) is 6.07 Å². The van der Waals surface area contributed by atoms with E-state index in [9.17, 15) is 19.2 Å². The Morgan fingerprint density at radius 3 is 2.41 bits per heavy atom. The Bertz CT molecular complexity index is 1210. The Morgan fingerprint density at radius 2 is 1.63 bits per heavy atom. The SMILES string of the molecule is CCCCCc1cc2c(CCCCCCC(=O)CCOCCNC(=O)CCN3C(=O)C=CC3=O)cccc2nc1N. The third kappa shape index (κ3) is 10.7. The van der Waals surface area contributed by atoms with Crippen molar-refractivity contribution in [3.63, 3.8) is 0 Å². The molecule has 2 heterocycles. The van der Waals surface area contributed by atoms with E-state index in [-0.39, 0.29) is 24.7 Å². The minimum Gasteiger partial charge on any atom is -0.383 e. The van der Waals surface area contributed by atoms with Gasteiger partial charge < -0.3 is 15.8 Å². The summed E-state index contributed by atoms with van der Waals surface area (Å²) in [4.78, 5) is 52.7. The van der Waals surface area contributed by atoms with E-state index in [4.69, 9.17) is 10.5 Å². The molecule has 0 unspecified atom stereocenters. The van der Waals surface area contributed by atoms with Gasteiger partial charge in [0, 0.05) is 49.9 Å². The molecule has 0 spiro atoms. The number of nitrogens with two attached hydrogens (primary N) is 1. The molecule has 0 aliphatic carbocycles. The number of carbonyl (C=O) groups is 4. The summed E-state index contributed by atoms with van der Waals surface area (Å²) < 4.78 is 5.46. The molecule has 41 heavy (non-hydrogen) atoms. The standard InChI is InChI=1S/C32H44N4O5/c1-2-3-6-11-25-23-27-24(12-9-14-28(27)35-32(25)33)10-7-4-5-8-13-26(37)18-21-41-22-19-34-29(38)17-20-36-30(39)15-16-31(36)40/h9,12,14-16,23H,2-8,10-11,13,17-22H2,1H3,(H2,33,35)(H,34,38). The quantitative estimate of drug-likeness (QED) is 0.179. The molecule has 0 saturated heterocycles. The molecule has 3 rings (SSSR count). The molecule has 9 nitrogen and oxygen atoms in total. The lowest BCUT2D eigenvalue weighted by atomic mass is 9.98. The Labute approximate surface area is 242 Å². The maximum atomic E-state index is 12.2. The van der Waals surface area contributed by atoms with Crippen LogP contribution in [0.15, 0.2) is 36.4 Å². The minimum atomic E-state index is -0.396. The predicted octanol–water partition coefficient (Wildman–Crippen LogP) is 4.45. The number of aromatic nitrogens is 1. The van der Waals surface area contributed by atoms with Gasteiger partial charge in [0.2, 0.25) is 5.91 Å². The Hall–Kier alpha value is -3.59. The highest BCUT2D eigenvalue weighted by Crippen LogP contribution is 2.25. The topological polar surface area (TPSA) is 132 Å². The molecular weight excluding hydrogens is 520 g/mol. The van der Waals surface area contributed by atoms with Crippen LogP contribution >= 0.6 is 0 Å². The summed E-state index contributed by atoms with van der Waals surface area (Å²) >= 11 is 0. The average Bonchev–Trinajstić information content (AvgIpc) is 3.28. The van der Waals surface area contributed by atoms with Gasteiger partial charge in [0.1, 0.15) is 11.6 Å². The first-order chi connectivity index (χ1) is 19.9. The van der Waals surface area contributed by atoms with Gasteiger partial charge in [0.25, 0.3) is 11.8 Å². The molecule has 0 fully saturated rings. The van der Waals surface area contributed by atoms with Gasteiger partial charge in [-0.1, -0.05) is 44.7 Å². The third-order valence-corrected chi connectivity index (χ3v) is 7.32. The fourth-order valence-corrected chi connectivity index (χ4v) is 4.92. The van der Waals surface area contributed by atoms with Crippen molar-refractivity contribution in [3.05, 3.63) is 47.5 Å². The molecule has 1 aliphatic rings. The van der Waals surface area contributed by atoms with Gasteiger partial charge in [0.05, 0.1) is 18.7 Å². The van der Waals surface area contributed by atoms with Crippen LogP contribution in [0.5, 0.6) is 0 Å². The van der Waals surface area contributed by atoms with E-state index in [2.05, 4.69) is 35.4 Å². The van der Waals surface area contributed by atoms with Gasteiger partial charge in [0.15, 0.2) is 0 Å². The smallest absolute Gasteiger partial charge is 0.253 e. The summed E-state index contributed by atoms with van der Waals surface area (Å²) in [7, 11) is 0. The normalized spacial score (nSPS) is 13.0. The Balaban J connectivity index is 1.22. The number of ether oxygens (including phenoxy) is 1. The third-order valence-electron chi connectivity index (χ3n) is 7.32. The molecule has 1 aromatic carbocycles. The van der Waals surface area contributed by atoms with Gasteiger partial charge in [-0.05, 0) is 55.4 Å². The number of hydrogen-bond donors (Lipinski definition) is 2. The van der Waals surface area contributed by atoms with E-state index >= 15 is 0 Å². The molecule has 222 valence electrons. The van der Waals surface area contributed by atoms with Crippen LogP contribution in [0.2, 0.25) is 0 Å². The van der Waals surface area contributed by atoms with Crippen LogP contribution in [0, 0.1) is 0 Å². The number of aryl methyl sites for hydroxylation is 2. The lowest BCUT2D eigenvalue weighted by molar-refractivity contribution is -0.137. The number of imide groups is 1. The molecule has 0 radical (unpaired) electrons. The second kappa shape index (κ2) is 17.3. The molecule has 3 N–H and O–H groups in total. The number of rotatable bonds is 20. The molecule has 0 saturated carbocycles. The van der Waals surface area contributed by atoms with Crippen molar-refractivity contribution >= 4 is 40.2 Å². The second-order valence-corrected chi connectivity index (χ2v) is 10.6. The summed E-state index contributed by atoms with van der Waals surface area (Å²) in [5.41, 5.74) is 9.63. The van der Waals surface area contributed by atoms with Gasteiger partial charge >= 0.3 is 0 Å². The van der Waals surface area contributed by atoms with Crippen molar-refractivity contribution in [1.82, 2.24) is 15.2 Å². The number of nitrogens with one attached hydrogen (secondary N) is 1. The number of fused-ring (bicyclic) bond motifs is 1. The number of amides is 3. The van der Waals surface area contributed by atoms with Crippen molar-refractivity contribution in [2.24, 2.45) is 0 Å². The highest BCUT2D eigenvalue weighted by molar-refractivity contribution is 6.13. The van der Waals surface area contributed by atoms with Gasteiger partial charge in [-0.2, -0.15) is 0 Å². The number of anilines is 1. The van der Waals surface area contributed by atoms with Gasteiger partial charge in [-0.25, -0.2) is 4.98 Å². The fraction of sp³-hybridized carbons (Fsp3) is 0.531. The number of nitrogens with zero attached hydrogens (tertiary/aromatic N) is 2. The van der Waals surface area contributed by atoms with E-state index in [1.54, 1.807) is 0 Å². The zero-order valence-electron chi connectivity index (χ0n) is 24.3. The summed E-state index contributed by atoms with van der Waals surface area (Å²) in [5.74, 6) is -0.213. The first-order valence-electron chi connectivity index (χ1n) is 15.0. The number of benzene rings is 1. The molecule has 9 heteroatoms. The molecule has 3 amide bonds. The number of Topliss-reactive ketones (excluding diaryl/α,β-unsaturated/α-hetero) is 1. The van der Waals surface area contributed by atoms with Crippen LogP contribution in [0.25, 0.3) is 10.9 Å². The average molecular weight is 565 g/mol. The highest BCUT2D eigenvalue weighted by atomic mass is 16.5. The first-order valence-corrected chi connectivity index (χ1v) is 15.0. The first kappa shape index (κ1) is 31.9. The molecule has 0 bridgehead atoms. The number of nitrogen functional groups attached to an aromatic ring is 1. The van der Waals surface area contributed by atoms with Crippen LogP contribution < -0.4 is 11.1 Å². The maximum absolute atomic E-state index is 12.2. The van der Waals surface area contributed by atoms with Gasteiger partial charge in [-0.3, -0.25) is 24.1 Å². The Kier molecular flexibility index (Phi) is 13.5. The predicted molar refractivity (Wildman–Crippen MR) is 160 cm³/mol. The maximum Gasteiger partial charge on any atom is 0.253 e. The number of hydrogen-bond acceptors (Lipinski definition) is 7. The largest absolute Gasteiger partial charge is 0.383 e. The van der Waals surface area contributed by atoms with Crippen molar-refractivity contribution < 1.29 is 23.9 Å². The lowest BCUT2D eigenvalue weighted by Crippen LogP contribution is -2.35. The fourth-order valence-electron chi connectivity index (χ4n) is 4.92. The van der Waals surface area contributed by atoms with E-state index in [0.29, 0.717) is 38.4 Å². The van der Waals surface area contributed by atoms with Crippen LogP contribution in [0.4, 0.5) is 5.82 Å². The minimum absolute atomic E-state index is 0.0476. The zero-order chi connectivity index (χ0) is 29.5. The zero-order valence-corrected chi connectivity index (χ0v) is 24.3.